The number of ether oxygens (including phenoxy) is 2. The van der Waals surface area contributed by atoms with Crippen LogP contribution in [-0.2, 0) is 4.79 Å². The summed E-state index contributed by atoms with van der Waals surface area (Å²) in [6.45, 7) is 3.61. The molecule has 9 heteroatoms. The predicted octanol–water partition coefficient (Wildman–Crippen LogP) is 4.19. The first-order valence-electron chi connectivity index (χ1n) is 8.70. The van der Waals surface area contributed by atoms with Gasteiger partial charge in [-0.05, 0) is 42.5 Å². The van der Waals surface area contributed by atoms with Gasteiger partial charge in [-0.2, -0.15) is 0 Å². The van der Waals surface area contributed by atoms with Gasteiger partial charge in [0, 0.05) is 22.1 Å². The molecule has 2 amide bonds. The second kappa shape index (κ2) is 10.2. The Bertz CT molecular complexity index is 934. The number of hydrogen-bond donors (Lipinski definition) is 3. The van der Waals surface area contributed by atoms with E-state index in [1.165, 1.54) is 14.2 Å². The van der Waals surface area contributed by atoms with E-state index in [1.807, 2.05) is 0 Å². The zero-order valence-corrected chi connectivity index (χ0v) is 18.9. The van der Waals surface area contributed by atoms with Crippen molar-refractivity contribution in [3.63, 3.8) is 0 Å². The lowest BCUT2D eigenvalue weighted by molar-refractivity contribution is -0.118. The van der Waals surface area contributed by atoms with E-state index in [0.717, 1.165) is 4.47 Å². The zero-order valence-electron chi connectivity index (χ0n) is 16.5. The molecule has 3 N–H and O–H groups in total. The van der Waals surface area contributed by atoms with Gasteiger partial charge in [0.2, 0.25) is 5.91 Å². The number of methoxy groups -OCH3 is 2. The molecule has 0 unspecified atom stereocenters. The average Bonchev–Trinajstić information content (AvgIpc) is 2.68. The maximum atomic E-state index is 12.5. The van der Waals surface area contributed by atoms with E-state index in [2.05, 4.69) is 31.9 Å². The van der Waals surface area contributed by atoms with Crippen LogP contribution in [0.3, 0.4) is 0 Å². The summed E-state index contributed by atoms with van der Waals surface area (Å²) in [4.78, 5) is 24.4. The molecule has 0 spiro atoms. The largest absolute Gasteiger partial charge is 0.496 e. The van der Waals surface area contributed by atoms with Crippen LogP contribution < -0.4 is 25.4 Å². The number of carbonyl (C=O) groups is 2. The van der Waals surface area contributed by atoms with Crippen molar-refractivity contribution >= 4 is 56.4 Å². The van der Waals surface area contributed by atoms with Crippen LogP contribution >= 0.6 is 28.1 Å². The van der Waals surface area contributed by atoms with Crippen LogP contribution in [0.2, 0.25) is 0 Å². The minimum atomic E-state index is -0.409. The van der Waals surface area contributed by atoms with Crippen molar-refractivity contribution in [3.05, 3.63) is 46.4 Å². The van der Waals surface area contributed by atoms with Gasteiger partial charge in [0.25, 0.3) is 5.91 Å². The number of thiocarbonyl (C=S) groups is 1. The van der Waals surface area contributed by atoms with Crippen molar-refractivity contribution in [2.24, 2.45) is 5.92 Å². The third kappa shape index (κ3) is 6.16. The van der Waals surface area contributed by atoms with E-state index in [0.29, 0.717) is 28.4 Å². The second-order valence-corrected chi connectivity index (χ2v) is 7.64. The summed E-state index contributed by atoms with van der Waals surface area (Å²) in [5, 5.41) is 8.45. The number of rotatable bonds is 6. The van der Waals surface area contributed by atoms with Crippen molar-refractivity contribution in [2.45, 2.75) is 13.8 Å². The molecular formula is C20H22BrN3O4S. The standard InChI is InChI=1S/C20H22BrN3O4S/c1-11(2)18(25)23-15-7-6-13(10-17(15)28-4)22-20(29)24-19(26)14-9-12(21)5-8-16(14)27-3/h5-11H,1-4H3,(H,23,25)(H2,22,24,26,29). The number of anilines is 2. The fourth-order valence-electron chi connectivity index (χ4n) is 2.34. The van der Waals surface area contributed by atoms with Gasteiger partial charge in [0.05, 0.1) is 25.5 Å². The van der Waals surface area contributed by atoms with E-state index in [1.54, 1.807) is 50.2 Å². The van der Waals surface area contributed by atoms with Crippen molar-refractivity contribution in [1.82, 2.24) is 5.32 Å². The molecule has 0 aliphatic heterocycles. The molecule has 0 aromatic heterocycles. The molecule has 0 fully saturated rings. The molecule has 0 aliphatic carbocycles. The summed E-state index contributed by atoms with van der Waals surface area (Å²) < 4.78 is 11.3. The molecule has 0 aliphatic rings. The Morgan fingerprint density at radius 3 is 2.31 bits per heavy atom. The first kappa shape index (κ1) is 22.6. The molecule has 0 bridgehead atoms. The molecule has 7 nitrogen and oxygen atoms in total. The maximum Gasteiger partial charge on any atom is 0.261 e. The van der Waals surface area contributed by atoms with Crippen LogP contribution in [0.4, 0.5) is 11.4 Å². The summed E-state index contributed by atoms with van der Waals surface area (Å²) in [7, 11) is 2.99. The minimum absolute atomic E-state index is 0.109. The smallest absolute Gasteiger partial charge is 0.261 e. The lowest BCUT2D eigenvalue weighted by Gasteiger charge is -2.15. The third-order valence-corrected chi connectivity index (χ3v) is 4.57. The summed E-state index contributed by atoms with van der Waals surface area (Å²) in [5.74, 6) is 0.214. The lowest BCUT2D eigenvalue weighted by atomic mass is 10.2. The van der Waals surface area contributed by atoms with E-state index in [9.17, 15) is 9.59 Å². The summed E-state index contributed by atoms with van der Waals surface area (Å²) in [6.07, 6.45) is 0. The van der Waals surface area contributed by atoms with Crippen molar-refractivity contribution in [1.29, 1.82) is 0 Å². The molecule has 2 rings (SSSR count). The summed E-state index contributed by atoms with van der Waals surface area (Å²) >= 11 is 8.57. The Balaban J connectivity index is 2.10. The number of hydrogen-bond acceptors (Lipinski definition) is 5. The van der Waals surface area contributed by atoms with Crippen molar-refractivity contribution < 1.29 is 19.1 Å². The van der Waals surface area contributed by atoms with Crippen LogP contribution in [0.25, 0.3) is 0 Å². The Labute approximate surface area is 183 Å². The van der Waals surface area contributed by atoms with Crippen LogP contribution in [0.1, 0.15) is 24.2 Å². The first-order chi connectivity index (χ1) is 13.7. The summed E-state index contributed by atoms with van der Waals surface area (Å²) in [5.41, 5.74) is 1.48. The molecule has 0 radical (unpaired) electrons. The van der Waals surface area contributed by atoms with Crippen molar-refractivity contribution in [2.75, 3.05) is 24.9 Å². The molecule has 0 atom stereocenters. The van der Waals surface area contributed by atoms with Crippen LogP contribution in [0.15, 0.2) is 40.9 Å². The fourth-order valence-corrected chi connectivity index (χ4v) is 2.91. The highest BCUT2D eigenvalue weighted by Crippen LogP contribution is 2.28. The molecule has 29 heavy (non-hydrogen) atoms. The third-order valence-electron chi connectivity index (χ3n) is 3.87. The Kier molecular flexibility index (Phi) is 7.98. The van der Waals surface area contributed by atoms with E-state index >= 15 is 0 Å². The fraction of sp³-hybridized carbons (Fsp3) is 0.250. The number of benzene rings is 2. The molecular weight excluding hydrogens is 458 g/mol. The van der Waals surface area contributed by atoms with Gasteiger partial charge >= 0.3 is 0 Å². The Hall–Kier alpha value is -2.65. The zero-order chi connectivity index (χ0) is 21.6. The number of nitrogens with one attached hydrogen (secondary N) is 3. The van der Waals surface area contributed by atoms with Gasteiger partial charge in [-0.3, -0.25) is 14.9 Å². The molecule has 2 aromatic rings. The first-order valence-corrected chi connectivity index (χ1v) is 9.90. The molecule has 0 saturated carbocycles. The monoisotopic (exact) mass is 479 g/mol. The SMILES string of the molecule is COc1cc(NC(=S)NC(=O)c2cc(Br)ccc2OC)ccc1NC(=O)C(C)C. The van der Waals surface area contributed by atoms with Gasteiger partial charge in [-0.25, -0.2) is 0 Å². The summed E-state index contributed by atoms with van der Waals surface area (Å²) in [6, 6.07) is 10.2. The minimum Gasteiger partial charge on any atom is -0.496 e. The Morgan fingerprint density at radius 1 is 1.00 bits per heavy atom. The van der Waals surface area contributed by atoms with Crippen molar-refractivity contribution in [3.8, 4) is 11.5 Å². The second-order valence-electron chi connectivity index (χ2n) is 6.31. The number of halogens is 1. The topological polar surface area (TPSA) is 88.7 Å². The van der Waals surface area contributed by atoms with Gasteiger partial charge < -0.3 is 20.1 Å². The lowest BCUT2D eigenvalue weighted by Crippen LogP contribution is -2.34. The highest BCUT2D eigenvalue weighted by molar-refractivity contribution is 9.10. The number of carbonyl (C=O) groups excluding carboxylic acids is 2. The Morgan fingerprint density at radius 2 is 1.69 bits per heavy atom. The van der Waals surface area contributed by atoms with Gasteiger partial charge in [-0.15, -0.1) is 0 Å². The maximum absolute atomic E-state index is 12.5. The highest BCUT2D eigenvalue weighted by atomic mass is 79.9. The highest BCUT2D eigenvalue weighted by Gasteiger charge is 2.15. The molecule has 0 saturated heterocycles. The van der Waals surface area contributed by atoms with Gasteiger partial charge in [0.15, 0.2) is 5.11 Å². The average molecular weight is 480 g/mol. The number of amides is 2. The van der Waals surface area contributed by atoms with Crippen LogP contribution in [0.5, 0.6) is 11.5 Å². The molecule has 2 aromatic carbocycles. The van der Waals surface area contributed by atoms with E-state index < -0.39 is 5.91 Å². The molecule has 154 valence electrons. The van der Waals surface area contributed by atoms with Crippen LogP contribution in [0, 0.1) is 5.92 Å². The van der Waals surface area contributed by atoms with Gasteiger partial charge in [-0.1, -0.05) is 29.8 Å². The van der Waals surface area contributed by atoms with E-state index in [-0.39, 0.29) is 16.9 Å². The van der Waals surface area contributed by atoms with Gasteiger partial charge in [0.1, 0.15) is 11.5 Å². The van der Waals surface area contributed by atoms with Crippen LogP contribution in [-0.4, -0.2) is 31.1 Å². The van der Waals surface area contributed by atoms with E-state index in [4.69, 9.17) is 21.7 Å². The molecule has 0 heterocycles. The normalized spacial score (nSPS) is 10.3. The quantitative estimate of drug-likeness (QED) is 0.538. The predicted molar refractivity (Wildman–Crippen MR) is 121 cm³/mol.